The Morgan fingerprint density at radius 2 is 2.38 bits per heavy atom. The fourth-order valence-corrected chi connectivity index (χ4v) is 3.46. The van der Waals surface area contributed by atoms with Crippen molar-refractivity contribution in [2.24, 2.45) is 5.73 Å². The van der Waals surface area contributed by atoms with Gasteiger partial charge in [0.2, 0.25) is 0 Å². The molecule has 2 rings (SSSR count). The van der Waals surface area contributed by atoms with E-state index >= 15 is 0 Å². The largest absolute Gasteiger partial charge is 0.392 e. The van der Waals surface area contributed by atoms with E-state index in [2.05, 4.69) is 9.88 Å². The van der Waals surface area contributed by atoms with Crippen LogP contribution in [0.5, 0.6) is 0 Å². The van der Waals surface area contributed by atoms with Crippen molar-refractivity contribution in [3.05, 3.63) is 4.88 Å². The third-order valence-corrected chi connectivity index (χ3v) is 4.57. The standard InChI is InChI=1S/C13H23N5O2S/c1-8(19)6-17(2)12(20)10-11(15)16-13(21-10)18-5-3-4-9(14)7-18/h8-9,19H,3-7,14-15H2,1-2H3. The number of nitrogens with two attached hydrogens (primary N) is 2. The minimum Gasteiger partial charge on any atom is -0.392 e. The summed E-state index contributed by atoms with van der Waals surface area (Å²) in [5.74, 6) is 0.0371. The highest BCUT2D eigenvalue weighted by Crippen LogP contribution is 2.30. The SMILES string of the molecule is CC(O)CN(C)C(=O)c1sc(N2CCCC(N)C2)nc1N. The Kier molecular flexibility index (Phi) is 5.02. The zero-order valence-electron chi connectivity index (χ0n) is 12.5. The van der Waals surface area contributed by atoms with Gasteiger partial charge in [-0.1, -0.05) is 11.3 Å². The molecule has 0 spiro atoms. The van der Waals surface area contributed by atoms with Crippen LogP contribution in [-0.4, -0.2) is 59.7 Å². The van der Waals surface area contributed by atoms with Gasteiger partial charge in [0.15, 0.2) is 5.13 Å². The molecule has 1 amide bonds. The number of thiazole rings is 1. The van der Waals surface area contributed by atoms with Gasteiger partial charge in [0.05, 0.1) is 6.10 Å². The second-order valence-corrected chi connectivity index (χ2v) is 6.57. The Morgan fingerprint density at radius 1 is 1.67 bits per heavy atom. The highest BCUT2D eigenvalue weighted by Gasteiger charge is 2.25. The van der Waals surface area contributed by atoms with Crippen molar-refractivity contribution in [1.82, 2.24) is 9.88 Å². The minimum atomic E-state index is -0.576. The van der Waals surface area contributed by atoms with E-state index in [0.29, 0.717) is 4.88 Å². The monoisotopic (exact) mass is 313 g/mol. The van der Waals surface area contributed by atoms with E-state index in [1.54, 1.807) is 14.0 Å². The Balaban J connectivity index is 2.13. The van der Waals surface area contributed by atoms with E-state index < -0.39 is 6.10 Å². The maximum atomic E-state index is 12.3. The first-order valence-electron chi connectivity index (χ1n) is 7.08. The summed E-state index contributed by atoms with van der Waals surface area (Å²) >= 11 is 1.29. The average Bonchev–Trinajstić information content (AvgIpc) is 2.79. The summed E-state index contributed by atoms with van der Waals surface area (Å²) in [5, 5.41) is 10.1. The molecule has 7 nitrogen and oxygen atoms in total. The number of hydrogen-bond donors (Lipinski definition) is 3. The van der Waals surface area contributed by atoms with Crippen LogP contribution in [0.2, 0.25) is 0 Å². The molecule has 1 fully saturated rings. The van der Waals surface area contributed by atoms with E-state index in [-0.39, 0.29) is 24.3 Å². The number of aliphatic hydroxyl groups is 1. The quantitative estimate of drug-likeness (QED) is 0.728. The summed E-state index contributed by atoms with van der Waals surface area (Å²) in [6.45, 7) is 3.53. The summed E-state index contributed by atoms with van der Waals surface area (Å²) in [5.41, 5.74) is 11.9. The average molecular weight is 313 g/mol. The van der Waals surface area contributed by atoms with Crippen molar-refractivity contribution in [2.45, 2.75) is 31.9 Å². The van der Waals surface area contributed by atoms with Gasteiger partial charge in [-0.2, -0.15) is 0 Å². The molecular formula is C13H23N5O2S. The highest BCUT2D eigenvalue weighted by molar-refractivity contribution is 7.18. The van der Waals surface area contributed by atoms with Gasteiger partial charge in [0, 0.05) is 32.7 Å². The molecule has 21 heavy (non-hydrogen) atoms. The molecule has 1 saturated heterocycles. The zero-order chi connectivity index (χ0) is 15.6. The second-order valence-electron chi connectivity index (χ2n) is 5.59. The molecular weight excluding hydrogens is 290 g/mol. The summed E-state index contributed by atoms with van der Waals surface area (Å²) in [6, 6.07) is 0.140. The number of hydrogen-bond acceptors (Lipinski definition) is 7. The number of aromatic nitrogens is 1. The number of nitrogens with zero attached hydrogens (tertiary/aromatic N) is 3. The fourth-order valence-electron chi connectivity index (χ4n) is 2.45. The molecule has 1 aliphatic rings. The molecule has 0 aromatic carbocycles. The molecule has 2 unspecified atom stereocenters. The number of anilines is 2. The van der Waals surface area contributed by atoms with Gasteiger partial charge in [-0.25, -0.2) is 4.98 Å². The highest BCUT2D eigenvalue weighted by atomic mass is 32.1. The van der Waals surface area contributed by atoms with Crippen molar-refractivity contribution in [3.8, 4) is 0 Å². The number of carbonyl (C=O) groups excluding carboxylic acids is 1. The van der Waals surface area contributed by atoms with E-state index in [9.17, 15) is 9.90 Å². The molecule has 5 N–H and O–H groups in total. The van der Waals surface area contributed by atoms with E-state index in [1.165, 1.54) is 16.2 Å². The van der Waals surface area contributed by atoms with Crippen LogP contribution in [-0.2, 0) is 0 Å². The van der Waals surface area contributed by atoms with Crippen LogP contribution in [0.4, 0.5) is 10.9 Å². The lowest BCUT2D eigenvalue weighted by atomic mass is 10.1. The van der Waals surface area contributed by atoms with Crippen LogP contribution >= 0.6 is 11.3 Å². The fraction of sp³-hybridized carbons (Fsp3) is 0.692. The van der Waals surface area contributed by atoms with Crippen molar-refractivity contribution in [3.63, 3.8) is 0 Å². The number of piperidine rings is 1. The number of rotatable bonds is 4. The van der Waals surface area contributed by atoms with Crippen LogP contribution in [0, 0.1) is 0 Å². The Hall–Kier alpha value is -1.38. The predicted octanol–water partition coefficient (Wildman–Crippen LogP) is 0.106. The van der Waals surface area contributed by atoms with Crippen molar-refractivity contribution >= 4 is 28.2 Å². The van der Waals surface area contributed by atoms with E-state index in [1.807, 2.05) is 0 Å². The summed E-state index contributed by atoms with van der Waals surface area (Å²) in [6.07, 6.45) is 1.46. The maximum absolute atomic E-state index is 12.3. The molecule has 0 radical (unpaired) electrons. The van der Waals surface area contributed by atoms with Gasteiger partial charge in [-0.15, -0.1) is 0 Å². The van der Waals surface area contributed by atoms with Crippen molar-refractivity contribution in [2.75, 3.05) is 37.3 Å². The zero-order valence-corrected chi connectivity index (χ0v) is 13.3. The predicted molar refractivity (Wildman–Crippen MR) is 84.6 cm³/mol. The van der Waals surface area contributed by atoms with Gasteiger partial charge in [0.1, 0.15) is 10.7 Å². The molecule has 1 aromatic rings. The molecule has 0 bridgehead atoms. The molecule has 8 heteroatoms. The normalized spacial score (nSPS) is 20.4. The van der Waals surface area contributed by atoms with Crippen molar-refractivity contribution in [1.29, 1.82) is 0 Å². The smallest absolute Gasteiger partial charge is 0.267 e. The number of nitrogen functional groups attached to an aromatic ring is 1. The minimum absolute atomic E-state index is 0.140. The van der Waals surface area contributed by atoms with Gasteiger partial charge in [0.25, 0.3) is 5.91 Å². The Labute approximate surface area is 128 Å². The second kappa shape index (κ2) is 6.59. The van der Waals surface area contributed by atoms with Crippen LogP contribution in [0.25, 0.3) is 0 Å². The third-order valence-electron chi connectivity index (χ3n) is 3.45. The number of aliphatic hydroxyl groups excluding tert-OH is 1. The summed E-state index contributed by atoms with van der Waals surface area (Å²) in [4.78, 5) is 20.6. The molecule has 0 aliphatic carbocycles. The first kappa shape index (κ1) is 16.0. The Morgan fingerprint density at radius 3 is 3.00 bits per heavy atom. The lowest BCUT2D eigenvalue weighted by Gasteiger charge is -2.30. The lowest BCUT2D eigenvalue weighted by Crippen LogP contribution is -2.42. The van der Waals surface area contributed by atoms with Gasteiger partial charge in [-0.3, -0.25) is 4.79 Å². The third kappa shape index (κ3) is 3.84. The maximum Gasteiger partial charge on any atom is 0.267 e. The summed E-state index contributed by atoms with van der Waals surface area (Å²) < 4.78 is 0. The number of likely N-dealkylation sites (N-methyl/N-ethyl adjacent to an activating group) is 1. The van der Waals surface area contributed by atoms with Gasteiger partial charge in [-0.05, 0) is 19.8 Å². The van der Waals surface area contributed by atoms with E-state index in [0.717, 1.165) is 31.1 Å². The lowest BCUT2D eigenvalue weighted by molar-refractivity contribution is 0.0709. The molecule has 0 saturated carbocycles. The molecule has 1 aromatic heterocycles. The van der Waals surface area contributed by atoms with Crippen LogP contribution < -0.4 is 16.4 Å². The first-order chi connectivity index (χ1) is 9.88. The van der Waals surface area contributed by atoms with Crippen LogP contribution in [0.1, 0.15) is 29.4 Å². The van der Waals surface area contributed by atoms with Crippen LogP contribution in [0.15, 0.2) is 0 Å². The number of amides is 1. The molecule has 2 heterocycles. The van der Waals surface area contributed by atoms with E-state index in [4.69, 9.17) is 11.5 Å². The van der Waals surface area contributed by atoms with Crippen LogP contribution in [0.3, 0.4) is 0 Å². The van der Waals surface area contributed by atoms with Gasteiger partial charge < -0.3 is 26.4 Å². The summed E-state index contributed by atoms with van der Waals surface area (Å²) in [7, 11) is 1.64. The van der Waals surface area contributed by atoms with Gasteiger partial charge >= 0.3 is 0 Å². The molecule has 118 valence electrons. The topological polar surface area (TPSA) is 109 Å². The molecule has 1 aliphatic heterocycles. The van der Waals surface area contributed by atoms with Crippen molar-refractivity contribution < 1.29 is 9.90 Å². The molecule has 2 atom stereocenters. The first-order valence-corrected chi connectivity index (χ1v) is 7.90. The Bertz CT molecular complexity index is 505. The number of carbonyl (C=O) groups is 1.